The second kappa shape index (κ2) is 6.78. The Morgan fingerprint density at radius 3 is 2.53 bits per heavy atom. The molecule has 1 rings (SSSR count). The maximum absolute atomic E-state index is 12.3. The molecule has 0 aromatic carbocycles. The van der Waals surface area contributed by atoms with Crippen LogP contribution in [0, 0.1) is 5.92 Å². The molecule has 7 heteroatoms. The van der Waals surface area contributed by atoms with E-state index in [-0.39, 0.29) is 16.9 Å². The second-order valence-electron chi connectivity index (χ2n) is 4.70. The lowest BCUT2D eigenvalue weighted by Crippen LogP contribution is -2.43. The second-order valence-corrected chi connectivity index (χ2v) is 8.04. The minimum absolute atomic E-state index is 0.0173. The van der Waals surface area contributed by atoms with Gasteiger partial charge in [-0.1, -0.05) is 39.1 Å². The molecular formula is C12H20N2O2S3. The summed E-state index contributed by atoms with van der Waals surface area (Å²) in [5.74, 6) is 0.150. The van der Waals surface area contributed by atoms with Gasteiger partial charge < -0.3 is 5.73 Å². The Labute approximate surface area is 124 Å². The van der Waals surface area contributed by atoms with Crippen LogP contribution in [0.3, 0.4) is 0 Å². The minimum atomic E-state index is -3.55. The van der Waals surface area contributed by atoms with Crippen LogP contribution in [0.5, 0.6) is 0 Å². The monoisotopic (exact) mass is 320 g/mol. The van der Waals surface area contributed by atoms with Gasteiger partial charge in [0.15, 0.2) is 0 Å². The number of nitrogens with one attached hydrogen (secondary N) is 1. The fourth-order valence-electron chi connectivity index (χ4n) is 1.82. The summed E-state index contributed by atoms with van der Waals surface area (Å²) in [5, 5.41) is 1.12. The number of hydrogen-bond donors (Lipinski definition) is 2. The highest BCUT2D eigenvalue weighted by Gasteiger charge is 2.31. The Bertz CT molecular complexity index is 509. The summed E-state index contributed by atoms with van der Waals surface area (Å²) in [4.78, 5) is 1.01. The van der Waals surface area contributed by atoms with Crippen molar-refractivity contribution in [1.29, 1.82) is 0 Å². The Balaban J connectivity index is 3.00. The predicted molar refractivity (Wildman–Crippen MR) is 84.8 cm³/mol. The van der Waals surface area contributed by atoms with E-state index in [1.807, 2.05) is 31.4 Å². The zero-order valence-electron chi connectivity index (χ0n) is 11.3. The first-order valence-electron chi connectivity index (χ1n) is 6.13. The summed E-state index contributed by atoms with van der Waals surface area (Å²) < 4.78 is 27.4. The summed E-state index contributed by atoms with van der Waals surface area (Å²) in [6.07, 6.45) is 0.375. The number of nitrogens with two attached hydrogens (primary N) is 1. The van der Waals surface area contributed by atoms with Crippen molar-refractivity contribution < 1.29 is 8.42 Å². The molecule has 0 aliphatic heterocycles. The van der Waals surface area contributed by atoms with E-state index >= 15 is 0 Å². The number of sulfonamides is 1. The van der Waals surface area contributed by atoms with Gasteiger partial charge >= 0.3 is 0 Å². The lowest BCUT2D eigenvalue weighted by molar-refractivity contribution is 0.467. The first-order chi connectivity index (χ1) is 8.79. The molecule has 108 valence electrons. The molecule has 3 N–H and O–H groups in total. The average molecular weight is 321 g/mol. The van der Waals surface area contributed by atoms with Gasteiger partial charge in [0, 0.05) is 4.88 Å². The molecule has 0 aliphatic carbocycles. The van der Waals surface area contributed by atoms with E-state index in [0.717, 1.165) is 4.88 Å². The third-order valence-corrected chi connectivity index (χ3v) is 6.18. The van der Waals surface area contributed by atoms with Gasteiger partial charge in [0.25, 0.3) is 0 Å². The number of thiocarbonyl (C=S) groups is 1. The number of thiophene rings is 1. The summed E-state index contributed by atoms with van der Waals surface area (Å²) in [5.41, 5.74) is 5.52. The lowest BCUT2D eigenvalue weighted by Gasteiger charge is -2.24. The highest BCUT2D eigenvalue weighted by atomic mass is 32.2. The van der Waals surface area contributed by atoms with Crippen molar-refractivity contribution in [1.82, 2.24) is 4.72 Å². The Hall–Kier alpha value is -0.500. The smallest absolute Gasteiger partial charge is 0.221 e. The Morgan fingerprint density at radius 1 is 1.53 bits per heavy atom. The summed E-state index contributed by atoms with van der Waals surface area (Å²) in [6.45, 7) is 5.72. The maximum Gasteiger partial charge on any atom is 0.221 e. The van der Waals surface area contributed by atoms with Crippen LogP contribution >= 0.6 is 23.6 Å². The van der Waals surface area contributed by atoms with Crippen LogP contribution < -0.4 is 10.5 Å². The summed E-state index contributed by atoms with van der Waals surface area (Å²) >= 11 is 6.38. The molecule has 0 spiro atoms. The molecular weight excluding hydrogens is 300 g/mol. The van der Waals surface area contributed by atoms with Gasteiger partial charge in [-0.3, -0.25) is 0 Å². The molecule has 2 atom stereocenters. The van der Waals surface area contributed by atoms with Crippen molar-refractivity contribution in [2.75, 3.05) is 0 Å². The molecule has 1 heterocycles. The van der Waals surface area contributed by atoms with Crippen molar-refractivity contribution >= 4 is 38.6 Å². The van der Waals surface area contributed by atoms with Crippen molar-refractivity contribution in [3.8, 4) is 0 Å². The molecule has 0 radical (unpaired) electrons. The SMILES string of the molecule is CCC(C(N)=S)S(=O)(=O)NC(c1cccs1)C(C)C. The molecule has 0 saturated heterocycles. The molecule has 0 fully saturated rings. The van der Waals surface area contributed by atoms with Crippen molar-refractivity contribution in [2.45, 2.75) is 38.5 Å². The van der Waals surface area contributed by atoms with Gasteiger partial charge in [0.1, 0.15) is 5.25 Å². The topological polar surface area (TPSA) is 72.2 Å². The van der Waals surface area contributed by atoms with Crippen molar-refractivity contribution in [3.05, 3.63) is 22.4 Å². The quantitative estimate of drug-likeness (QED) is 0.757. The van der Waals surface area contributed by atoms with E-state index in [1.54, 1.807) is 6.92 Å². The first kappa shape index (κ1) is 16.6. The molecule has 0 bridgehead atoms. The van der Waals surface area contributed by atoms with E-state index in [4.69, 9.17) is 18.0 Å². The van der Waals surface area contributed by atoms with Crippen LogP contribution in [-0.2, 0) is 10.0 Å². The van der Waals surface area contributed by atoms with Gasteiger partial charge in [0.2, 0.25) is 10.0 Å². The van der Waals surface area contributed by atoms with Crippen molar-refractivity contribution in [2.24, 2.45) is 11.7 Å². The molecule has 19 heavy (non-hydrogen) atoms. The fourth-order valence-corrected chi connectivity index (χ4v) is 5.06. The largest absolute Gasteiger partial charge is 0.392 e. The summed E-state index contributed by atoms with van der Waals surface area (Å²) in [6, 6.07) is 3.60. The fraction of sp³-hybridized carbons (Fsp3) is 0.583. The van der Waals surface area contributed by atoms with Crippen LogP contribution in [0.4, 0.5) is 0 Å². The molecule has 1 aromatic rings. The molecule has 1 aromatic heterocycles. The van der Waals surface area contributed by atoms with Crippen LogP contribution in [0.1, 0.15) is 38.1 Å². The van der Waals surface area contributed by atoms with Crippen molar-refractivity contribution in [3.63, 3.8) is 0 Å². The standard InChI is InChI=1S/C12H20N2O2S3/c1-4-10(12(13)17)19(15,16)14-11(8(2)3)9-6-5-7-18-9/h5-8,10-11,14H,4H2,1-3H3,(H2,13,17). The molecule has 4 nitrogen and oxygen atoms in total. The first-order valence-corrected chi connectivity index (χ1v) is 8.96. The highest BCUT2D eigenvalue weighted by molar-refractivity contribution is 7.93. The Morgan fingerprint density at radius 2 is 2.16 bits per heavy atom. The normalized spacial score (nSPS) is 15.4. The zero-order chi connectivity index (χ0) is 14.6. The highest BCUT2D eigenvalue weighted by Crippen LogP contribution is 2.27. The molecule has 0 saturated carbocycles. The third-order valence-electron chi connectivity index (χ3n) is 2.87. The van der Waals surface area contributed by atoms with Gasteiger partial charge in [-0.25, -0.2) is 13.1 Å². The van der Waals surface area contributed by atoms with Crippen LogP contribution in [0.25, 0.3) is 0 Å². The zero-order valence-corrected chi connectivity index (χ0v) is 13.7. The van der Waals surface area contributed by atoms with Gasteiger partial charge in [-0.15, -0.1) is 11.3 Å². The lowest BCUT2D eigenvalue weighted by atomic mass is 10.0. The van der Waals surface area contributed by atoms with Crippen LogP contribution in [0.15, 0.2) is 17.5 Å². The van der Waals surface area contributed by atoms with Gasteiger partial charge in [0.05, 0.1) is 11.0 Å². The molecule has 2 unspecified atom stereocenters. The van der Waals surface area contributed by atoms with Crippen LogP contribution in [0.2, 0.25) is 0 Å². The van der Waals surface area contributed by atoms with E-state index < -0.39 is 15.3 Å². The maximum atomic E-state index is 12.3. The average Bonchev–Trinajstić information content (AvgIpc) is 2.78. The van der Waals surface area contributed by atoms with E-state index in [0.29, 0.717) is 6.42 Å². The minimum Gasteiger partial charge on any atom is -0.392 e. The van der Waals surface area contributed by atoms with Gasteiger partial charge in [-0.2, -0.15) is 0 Å². The van der Waals surface area contributed by atoms with E-state index in [9.17, 15) is 8.42 Å². The molecule has 0 aliphatic rings. The van der Waals surface area contributed by atoms with E-state index in [1.165, 1.54) is 11.3 Å². The van der Waals surface area contributed by atoms with Crippen LogP contribution in [-0.4, -0.2) is 18.7 Å². The number of hydrogen-bond acceptors (Lipinski definition) is 4. The van der Waals surface area contributed by atoms with Gasteiger partial charge in [-0.05, 0) is 23.8 Å². The third kappa shape index (κ3) is 4.24. The Kier molecular flexibility index (Phi) is 5.91. The molecule has 0 amide bonds. The predicted octanol–water partition coefficient (Wildman–Crippen LogP) is 2.43. The number of rotatable bonds is 7. The van der Waals surface area contributed by atoms with E-state index in [2.05, 4.69) is 4.72 Å². The summed E-state index contributed by atoms with van der Waals surface area (Å²) in [7, 11) is -3.55.